The van der Waals surface area contributed by atoms with Gasteiger partial charge in [-0.15, -0.1) is 4.37 Å². The van der Waals surface area contributed by atoms with Crippen LogP contribution < -0.4 is 4.74 Å². The molecule has 1 aromatic heterocycles. The third-order valence-electron chi connectivity index (χ3n) is 0.928. The maximum Gasteiger partial charge on any atom is 0.329 e. The van der Waals surface area contributed by atoms with Crippen molar-refractivity contribution in [1.82, 2.24) is 9.36 Å². The van der Waals surface area contributed by atoms with Crippen molar-refractivity contribution in [1.29, 1.82) is 0 Å². The number of hydrogen-bond donors (Lipinski definition) is 0. The zero-order chi connectivity index (χ0) is 8.27. The first-order chi connectivity index (χ1) is 5.18. The fourth-order valence-electron chi connectivity index (χ4n) is 0.493. The molecule has 0 aliphatic carbocycles. The first-order valence-corrected chi connectivity index (χ1v) is 4.87. The Morgan fingerprint density at radius 3 is 2.82 bits per heavy atom. The lowest BCUT2D eigenvalue weighted by Crippen LogP contribution is -2.05. The number of rotatable bonds is 3. The van der Waals surface area contributed by atoms with Crippen LogP contribution in [0.25, 0.3) is 0 Å². The Kier molecular flexibility index (Phi) is 3.26. The molecule has 0 radical (unpaired) electrons. The summed E-state index contributed by atoms with van der Waals surface area (Å²) in [4.78, 5) is 3.98. The highest BCUT2D eigenvalue weighted by atomic mass is 79.9. The van der Waals surface area contributed by atoms with Gasteiger partial charge in [-0.05, 0) is 33.4 Å². The second-order valence-corrected chi connectivity index (χ2v) is 4.56. The zero-order valence-electron chi connectivity index (χ0n) is 6.37. The number of aromatic nitrogens is 2. The molecule has 0 amide bonds. The van der Waals surface area contributed by atoms with E-state index in [9.17, 15) is 0 Å². The van der Waals surface area contributed by atoms with Crippen LogP contribution in [0.5, 0.6) is 6.01 Å². The lowest BCUT2D eigenvalue weighted by molar-refractivity contribution is 0.254. The summed E-state index contributed by atoms with van der Waals surface area (Å²) >= 11 is 4.49. The van der Waals surface area contributed by atoms with E-state index in [1.165, 1.54) is 11.5 Å². The minimum absolute atomic E-state index is 0.468. The van der Waals surface area contributed by atoms with Crippen molar-refractivity contribution < 1.29 is 4.74 Å². The molecule has 0 aliphatic rings. The molecule has 3 nitrogen and oxygen atoms in total. The summed E-state index contributed by atoms with van der Waals surface area (Å²) in [7, 11) is 0. The van der Waals surface area contributed by atoms with Gasteiger partial charge in [0.25, 0.3) is 0 Å². The normalized spacial score (nSPS) is 10.5. The predicted molar refractivity (Wildman–Crippen MR) is 47.9 cm³/mol. The quantitative estimate of drug-likeness (QED) is 0.809. The van der Waals surface area contributed by atoms with Crippen molar-refractivity contribution in [2.24, 2.45) is 5.92 Å². The van der Waals surface area contributed by atoms with Crippen molar-refractivity contribution in [2.75, 3.05) is 6.61 Å². The standard InChI is InChI=1S/C6H9BrN2OS/c1-4(2)3-10-6-8-5(7)11-9-6/h4H,3H2,1-2H3. The topological polar surface area (TPSA) is 35.0 Å². The van der Waals surface area contributed by atoms with E-state index >= 15 is 0 Å². The molecule has 0 unspecified atom stereocenters. The lowest BCUT2D eigenvalue weighted by atomic mass is 10.2. The van der Waals surface area contributed by atoms with E-state index in [4.69, 9.17) is 4.74 Å². The van der Waals surface area contributed by atoms with Gasteiger partial charge in [0, 0.05) is 0 Å². The zero-order valence-corrected chi connectivity index (χ0v) is 8.78. The molecule has 0 saturated heterocycles. The average Bonchev–Trinajstić information content (AvgIpc) is 2.31. The van der Waals surface area contributed by atoms with Crippen molar-refractivity contribution in [3.05, 3.63) is 3.92 Å². The largest absolute Gasteiger partial charge is 0.463 e. The predicted octanol–water partition coefficient (Wildman–Crippen LogP) is 2.34. The molecule has 0 N–H and O–H groups in total. The summed E-state index contributed by atoms with van der Waals surface area (Å²) in [5, 5.41) is 0. The first-order valence-electron chi connectivity index (χ1n) is 3.30. The maximum atomic E-state index is 5.25. The van der Waals surface area contributed by atoms with Crippen LogP contribution in [0.3, 0.4) is 0 Å². The Labute approximate surface area is 78.1 Å². The lowest BCUT2D eigenvalue weighted by Gasteiger charge is -2.02. The molecule has 1 rings (SSSR count). The Morgan fingerprint density at radius 1 is 1.64 bits per heavy atom. The molecule has 0 aromatic carbocycles. The summed E-state index contributed by atoms with van der Waals surface area (Å²) in [5.74, 6) is 0.511. The average molecular weight is 237 g/mol. The van der Waals surface area contributed by atoms with E-state index in [2.05, 4.69) is 39.1 Å². The van der Waals surface area contributed by atoms with E-state index in [0.29, 0.717) is 18.5 Å². The molecule has 0 atom stereocenters. The molecule has 62 valence electrons. The van der Waals surface area contributed by atoms with Gasteiger partial charge in [-0.2, -0.15) is 4.98 Å². The van der Waals surface area contributed by atoms with Crippen LogP contribution in [0.1, 0.15) is 13.8 Å². The third-order valence-corrected chi connectivity index (χ3v) is 2.03. The third kappa shape index (κ3) is 3.16. The summed E-state index contributed by atoms with van der Waals surface area (Å²) in [6.45, 7) is 4.84. The van der Waals surface area contributed by atoms with Crippen LogP contribution in [-0.2, 0) is 0 Å². The number of ether oxygens (including phenoxy) is 1. The van der Waals surface area contributed by atoms with E-state index in [1.807, 2.05) is 0 Å². The molecule has 0 spiro atoms. The Balaban J connectivity index is 2.39. The van der Waals surface area contributed by atoms with E-state index in [1.54, 1.807) is 0 Å². The fourth-order valence-corrected chi connectivity index (χ4v) is 1.23. The highest BCUT2D eigenvalue weighted by molar-refractivity contribution is 9.11. The Bertz CT molecular complexity index is 226. The van der Waals surface area contributed by atoms with E-state index in [-0.39, 0.29) is 0 Å². The van der Waals surface area contributed by atoms with E-state index in [0.717, 1.165) is 3.92 Å². The van der Waals surface area contributed by atoms with Crippen LogP contribution in [0, 0.1) is 5.92 Å². The smallest absolute Gasteiger partial charge is 0.329 e. The summed E-state index contributed by atoms with van der Waals surface area (Å²) in [6, 6.07) is 0.468. The van der Waals surface area contributed by atoms with Gasteiger partial charge in [0.1, 0.15) is 0 Å². The molecule has 1 aromatic rings. The fraction of sp³-hybridized carbons (Fsp3) is 0.667. The van der Waals surface area contributed by atoms with Gasteiger partial charge in [-0.3, -0.25) is 0 Å². The van der Waals surface area contributed by atoms with Crippen LogP contribution in [0.2, 0.25) is 0 Å². The van der Waals surface area contributed by atoms with E-state index < -0.39 is 0 Å². The Hall–Kier alpha value is -0.160. The number of nitrogens with zero attached hydrogens (tertiary/aromatic N) is 2. The maximum absolute atomic E-state index is 5.25. The van der Waals surface area contributed by atoms with Gasteiger partial charge >= 0.3 is 6.01 Å². The summed E-state index contributed by atoms with van der Waals surface area (Å²) < 4.78 is 9.96. The van der Waals surface area contributed by atoms with Crippen LogP contribution >= 0.6 is 27.5 Å². The van der Waals surface area contributed by atoms with Crippen LogP contribution in [-0.4, -0.2) is 16.0 Å². The first kappa shape index (κ1) is 8.93. The van der Waals surface area contributed by atoms with Gasteiger partial charge < -0.3 is 4.74 Å². The second-order valence-electron chi connectivity index (χ2n) is 2.53. The van der Waals surface area contributed by atoms with Crippen LogP contribution in [0.4, 0.5) is 0 Å². The van der Waals surface area contributed by atoms with Gasteiger partial charge in [0.2, 0.25) is 0 Å². The number of hydrogen-bond acceptors (Lipinski definition) is 4. The van der Waals surface area contributed by atoms with Gasteiger partial charge in [0.15, 0.2) is 3.92 Å². The molecule has 0 saturated carbocycles. The monoisotopic (exact) mass is 236 g/mol. The molecule has 0 bridgehead atoms. The molecule has 5 heteroatoms. The van der Waals surface area contributed by atoms with Crippen LogP contribution in [0.15, 0.2) is 3.92 Å². The highest BCUT2D eigenvalue weighted by Crippen LogP contribution is 2.16. The van der Waals surface area contributed by atoms with Crippen molar-refractivity contribution in [3.8, 4) is 6.01 Å². The molecular weight excluding hydrogens is 228 g/mol. The van der Waals surface area contributed by atoms with Gasteiger partial charge in [-0.1, -0.05) is 13.8 Å². The van der Waals surface area contributed by atoms with Crippen molar-refractivity contribution in [3.63, 3.8) is 0 Å². The van der Waals surface area contributed by atoms with Gasteiger partial charge in [0.05, 0.1) is 6.61 Å². The summed E-state index contributed by atoms with van der Waals surface area (Å²) in [6.07, 6.45) is 0. The molecular formula is C6H9BrN2OS. The Morgan fingerprint density at radius 2 is 2.36 bits per heavy atom. The molecule has 1 heterocycles. The summed E-state index contributed by atoms with van der Waals surface area (Å²) in [5.41, 5.74) is 0. The highest BCUT2D eigenvalue weighted by Gasteiger charge is 2.02. The van der Waals surface area contributed by atoms with Crippen molar-refractivity contribution >= 4 is 27.5 Å². The minimum Gasteiger partial charge on any atom is -0.463 e. The SMILES string of the molecule is CC(C)COc1nsc(Br)n1. The second kappa shape index (κ2) is 4.01. The van der Waals surface area contributed by atoms with Gasteiger partial charge in [-0.25, -0.2) is 0 Å². The molecule has 0 fully saturated rings. The molecule has 0 aliphatic heterocycles. The number of halogens is 1. The molecule has 11 heavy (non-hydrogen) atoms. The minimum atomic E-state index is 0.468. The van der Waals surface area contributed by atoms with Crippen molar-refractivity contribution in [2.45, 2.75) is 13.8 Å².